The second-order valence-corrected chi connectivity index (χ2v) is 9.37. The first-order valence-electron chi connectivity index (χ1n) is 9.87. The van der Waals surface area contributed by atoms with Gasteiger partial charge in [0.05, 0.1) is 0 Å². The van der Waals surface area contributed by atoms with Crippen LogP contribution in [0.4, 0.5) is 0 Å². The summed E-state index contributed by atoms with van der Waals surface area (Å²) in [7, 11) is 0. The summed E-state index contributed by atoms with van der Waals surface area (Å²) in [6.07, 6.45) is 7.85. The van der Waals surface area contributed by atoms with E-state index in [4.69, 9.17) is 4.74 Å². The van der Waals surface area contributed by atoms with E-state index in [-0.39, 0.29) is 23.1 Å². The number of aliphatic hydroxyl groups is 1. The summed E-state index contributed by atoms with van der Waals surface area (Å²) >= 11 is 0. The van der Waals surface area contributed by atoms with Crippen molar-refractivity contribution < 1.29 is 19.4 Å². The molecule has 3 fully saturated rings. The molecule has 0 aromatic heterocycles. The lowest BCUT2D eigenvalue weighted by Gasteiger charge is -2.57. The topological polar surface area (TPSA) is 63.6 Å². The fourth-order valence-electron chi connectivity index (χ4n) is 6.76. The van der Waals surface area contributed by atoms with Crippen LogP contribution < -0.4 is 0 Å². The zero-order valence-corrected chi connectivity index (χ0v) is 15.6. The Labute approximate surface area is 150 Å². The Morgan fingerprint density at radius 3 is 2.64 bits per heavy atom. The van der Waals surface area contributed by atoms with Gasteiger partial charge in [-0.1, -0.05) is 20.3 Å². The average Bonchev–Trinajstić information content (AvgIpc) is 2.94. The second kappa shape index (κ2) is 5.67. The third-order valence-corrected chi connectivity index (χ3v) is 8.09. The van der Waals surface area contributed by atoms with Crippen LogP contribution in [0.3, 0.4) is 0 Å². The fourth-order valence-corrected chi connectivity index (χ4v) is 6.76. The molecule has 4 rings (SSSR count). The molecule has 4 aliphatic carbocycles. The largest absolute Gasteiger partial charge is 0.459 e. The molecule has 0 amide bonds. The van der Waals surface area contributed by atoms with E-state index in [1.807, 2.05) is 0 Å². The number of esters is 1. The Kier molecular flexibility index (Phi) is 3.91. The van der Waals surface area contributed by atoms with E-state index >= 15 is 0 Å². The number of aliphatic hydroxyl groups excluding tert-OH is 1. The number of carbonyl (C=O) groups is 2. The highest BCUT2D eigenvalue weighted by atomic mass is 16.6. The smallest absolute Gasteiger partial charge is 0.303 e. The molecule has 4 nitrogen and oxygen atoms in total. The summed E-state index contributed by atoms with van der Waals surface area (Å²) in [6.45, 7) is 5.98. The van der Waals surface area contributed by atoms with Crippen LogP contribution in [0.25, 0.3) is 0 Å². The average molecular weight is 346 g/mol. The van der Waals surface area contributed by atoms with Gasteiger partial charge in [-0.2, -0.15) is 0 Å². The Hall–Kier alpha value is -1.16. The first kappa shape index (κ1) is 17.3. The maximum Gasteiger partial charge on any atom is 0.303 e. The monoisotopic (exact) mass is 346 g/mol. The van der Waals surface area contributed by atoms with E-state index in [1.165, 1.54) is 32.6 Å². The molecule has 7 atom stereocenters. The summed E-state index contributed by atoms with van der Waals surface area (Å²) in [5.74, 6) is 0.777. The van der Waals surface area contributed by atoms with Crippen LogP contribution in [-0.4, -0.2) is 29.1 Å². The highest BCUT2D eigenvalue weighted by Gasteiger charge is 2.60. The number of fused-ring (bicyclic) bond motifs is 5. The highest BCUT2D eigenvalue weighted by Crippen LogP contribution is 2.64. The summed E-state index contributed by atoms with van der Waals surface area (Å²) in [4.78, 5) is 24.4. The summed E-state index contributed by atoms with van der Waals surface area (Å²) < 4.78 is 5.31. The van der Waals surface area contributed by atoms with E-state index in [2.05, 4.69) is 13.8 Å². The van der Waals surface area contributed by atoms with Crippen LogP contribution in [0, 0.1) is 28.6 Å². The SMILES string of the molecule is CC(=O)O[C@@H]1CC[C@@]2(C)C(=CC(=O)[C@@H]3[C@H]4CCC[C@]4(C)CC[C@H]32)[C@@H]1O. The van der Waals surface area contributed by atoms with Gasteiger partial charge in [0.1, 0.15) is 12.2 Å². The second-order valence-electron chi connectivity index (χ2n) is 9.37. The van der Waals surface area contributed by atoms with Crippen molar-refractivity contribution in [1.82, 2.24) is 0 Å². The zero-order valence-electron chi connectivity index (χ0n) is 15.6. The maximum atomic E-state index is 13.1. The molecule has 0 heterocycles. The molecule has 0 unspecified atom stereocenters. The number of carbonyl (C=O) groups excluding carboxylic acids is 2. The van der Waals surface area contributed by atoms with Crippen LogP contribution in [0.5, 0.6) is 0 Å². The molecule has 0 aromatic carbocycles. The normalized spacial score (nSPS) is 48.9. The van der Waals surface area contributed by atoms with Gasteiger partial charge in [0.15, 0.2) is 5.78 Å². The van der Waals surface area contributed by atoms with Gasteiger partial charge in [-0.05, 0) is 72.8 Å². The lowest BCUT2D eigenvalue weighted by molar-refractivity contribution is -0.157. The van der Waals surface area contributed by atoms with Crippen molar-refractivity contribution in [3.05, 3.63) is 11.6 Å². The van der Waals surface area contributed by atoms with Gasteiger partial charge in [-0.25, -0.2) is 0 Å². The molecule has 0 spiro atoms. The molecule has 0 aromatic rings. The van der Waals surface area contributed by atoms with Gasteiger partial charge in [0.25, 0.3) is 0 Å². The summed E-state index contributed by atoms with van der Waals surface area (Å²) in [5, 5.41) is 10.8. The summed E-state index contributed by atoms with van der Waals surface area (Å²) in [6, 6.07) is 0. The highest BCUT2D eigenvalue weighted by molar-refractivity contribution is 5.94. The van der Waals surface area contributed by atoms with Gasteiger partial charge < -0.3 is 9.84 Å². The Bertz CT molecular complexity index is 638. The summed E-state index contributed by atoms with van der Waals surface area (Å²) in [5.41, 5.74) is 1.00. The van der Waals surface area contributed by atoms with E-state index < -0.39 is 12.2 Å². The molecule has 3 saturated carbocycles. The van der Waals surface area contributed by atoms with Crippen LogP contribution in [0.1, 0.15) is 65.7 Å². The third kappa shape index (κ3) is 2.43. The number of allylic oxidation sites excluding steroid dienone is 1. The minimum absolute atomic E-state index is 0.118. The van der Waals surface area contributed by atoms with Crippen molar-refractivity contribution in [1.29, 1.82) is 0 Å². The number of ether oxygens (including phenoxy) is 1. The molecule has 1 N–H and O–H groups in total. The predicted molar refractivity (Wildman–Crippen MR) is 93.7 cm³/mol. The molecule has 0 saturated heterocycles. The first-order valence-corrected chi connectivity index (χ1v) is 9.87. The van der Waals surface area contributed by atoms with Crippen molar-refractivity contribution in [2.75, 3.05) is 0 Å². The standard InChI is InChI=1S/C21H30O4/c1-12(22)25-17-7-10-21(3)14-6-9-20(2)8-4-5-13(20)18(14)16(23)11-15(21)19(17)24/h11,13-14,17-19,24H,4-10H2,1-3H3/t13-,14-,17-,18-,19+,20-,21-/m1/s1. The number of hydrogen-bond acceptors (Lipinski definition) is 4. The molecule has 4 heteroatoms. The van der Waals surface area contributed by atoms with Gasteiger partial charge in [0.2, 0.25) is 0 Å². The number of ketones is 1. The van der Waals surface area contributed by atoms with E-state index in [1.54, 1.807) is 6.08 Å². The predicted octanol–water partition coefficient (Wildman–Crippen LogP) is 3.42. The van der Waals surface area contributed by atoms with Crippen LogP contribution >= 0.6 is 0 Å². The van der Waals surface area contributed by atoms with Crippen molar-refractivity contribution in [2.45, 2.75) is 77.9 Å². The van der Waals surface area contributed by atoms with Gasteiger partial charge >= 0.3 is 5.97 Å². The minimum Gasteiger partial charge on any atom is -0.459 e. The molecule has 4 aliphatic rings. The van der Waals surface area contributed by atoms with Crippen molar-refractivity contribution in [3.63, 3.8) is 0 Å². The Morgan fingerprint density at radius 1 is 1.16 bits per heavy atom. The molecular formula is C21H30O4. The number of hydrogen-bond donors (Lipinski definition) is 1. The van der Waals surface area contributed by atoms with Gasteiger partial charge in [-0.15, -0.1) is 0 Å². The molecular weight excluding hydrogens is 316 g/mol. The minimum atomic E-state index is -0.843. The maximum absolute atomic E-state index is 13.1. The van der Waals surface area contributed by atoms with Crippen molar-refractivity contribution in [2.24, 2.45) is 28.6 Å². The molecule has 25 heavy (non-hydrogen) atoms. The fraction of sp³-hybridized carbons (Fsp3) is 0.810. The number of rotatable bonds is 1. The van der Waals surface area contributed by atoms with E-state index in [9.17, 15) is 14.7 Å². The van der Waals surface area contributed by atoms with Crippen LogP contribution in [0.15, 0.2) is 11.6 Å². The van der Waals surface area contributed by atoms with E-state index in [0.29, 0.717) is 23.7 Å². The van der Waals surface area contributed by atoms with Crippen molar-refractivity contribution >= 4 is 11.8 Å². The molecule has 0 radical (unpaired) electrons. The van der Waals surface area contributed by atoms with Crippen molar-refractivity contribution in [3.8, 4) is 0 Å². The quantitative estimate of drug-likeness (QED) is 0.739. The molecule has 0 bridgehead atoms. The van der Waals surface area contributed by atoms with Crippen LogP contribution in [-0.2, 0) is 14.3 Å². The van der Waals surface area contributed by atoms with E-state index in [0.717, 1.165) is 18.4 Å². The van der Waals surface area contributed by atoms with Crippen LogP contribution in [0.2, 0.25) is 0 Å². The third-order valence-electron chi connectivity index (χ3n) is 8.09. The lowest BCUT2D eigenvalue weighted by Crippen LogP contribution is -2.56. The lowest BCUT2D eigenvalue weighted by atomic mass is 9.47. The Balaban J connectivity index is 1.70. The van der Waals surface area contributed by atoms with Gasteiger partial charge in [0, 0.05) is 12.8 Å². The first-order chi connectivity index (χ1) is 11.8. The molecule has 0 aliphatic heterocycles. The van der Waals surface area contributed by atoms with Gasteiger partial charge in [-0.3, -0.25) is 9.59 Å². The Morgan fingerprint density at radius 2 is 1.92 bits per heavy atom. The zero-order chi connectivity index (χ0) is 18.0. The molecule has 138 valence electrons.